The van der Waals surface area contributed by atoms with E-state index < -0.39 is 0 Å². The molecule has 0 fully saturated rings. The molecule has 0 saturated heterocycles. The molecular formula is C14H20FN. The molecule has 0 radical (unpaired) electrons. The van der Waals surface area contributed by atoms with Crippen molar-refractivity contribution >= 4 is 5.57 Å². The van der Waals surface area contributed by atoms with Gasteiger partial charge >= 0.3 is 0 Å². The molecule has 0 unspecified atom stereocenters. The molecule has 1 rings (SSSR count). The van der Waals surface area contributed by atoms with Crippen LogP contribution >= 0.6 is 0 Å². The second-order valence-electron chi connectivity index (χ2n) is 4.25. The van der Waals surface area contributed by atoms with Gasteiger partial charge in [-0.2, -0.15) is 0 Å². The molecule has 0 amide bonds. The number of hydrogen-bond donors (Lipinski definition) is 1. The molecule has 88 valence electrons. The number of hydrogen-bond acceptors (Lipinski definition) is 1. The highest BCUT2D eigenvalue weighted by atomic mass is 19.1. The zero-order valence-electron chi connectivity index (χ0n) is 10.0. The minimum Gasteiger partial charge on any atom is -0.330 e. The van der Waals surface area contributed by atoms with E-state index in [4.69, 9.17) is 5.73 Å². The van der Waals surface area contributed by atoms with Gasteiger partial charge in [-0.05, 0) is 48.6 Å². The van der Waals surface area contributed by atoms with Gasteiger partial charge in [-0.15, -0.1) is 0 Å². The lowest BCUT2D eigenvalue weighted by molar-refractivity contribution is 0.627. The van der Waals surface area contributed by atoms with Crippen LogP contribution < -0.4 is 5.73 Å². The van der Waals surface area contributed by atoms with Gasteiger partial charge in [-0.3, -0.25) is 0 Å². The van der Waals surface area contributed by atoms with Crippen molar-refractivity contribution < 1.29 is 4.39 Å². The number of halogens is 1. The Morgan fingerprint density at radius 3 is 2.44 bits per heavy atom. The van der Waals surface area contributed by atoms with Crippen molar-refractivity contribution in [3.8, 4) is 0 Å². The third kappa shape index (κ3) is 3.78. The summed E-state index contributed by atoms with van der Waals surface area (Å²) in [5, 5.41) is 0. The third-order valence-electron chi connectivity index (χ3n) is 2.57. The molecule has 2 N–H and O–H groups in total. The van der Waals surface area contributed by atoms with E-state index in [0.29, 0.717) is 12.5 Å². The first-order valence-electron chi connectivity index (χ1n) is 5.81. The average molecular weight is 221 g/mol. The summed E-state index contributed by atoms with van der Waals surface area (Å²) in [6.07, 6.45) is 4.20. The highest BCUT2D eigenvalue weighted by Gasteiger charge is 2.05. The third-order valence-corrected chi connectivity index (χ3v) is 2.57. The second-order valence-corrected chi connectivity index (χ2v) is 4.25. The van der Waals surface area contributed by atoms with Crippen molar-refractivity contribution in [1.82, 2.24) is 0 Å². The van der Waals surface area contributed by atoms with Gasteiger partial charge in [0.2, 0.25) is 0 Å². The van der Waals surface area contributed by atoms with Gasteiger partial charge in [0.25, 0.3) is 0 Å². The van der Waals surface area contributed by atoms with Crippen molar-refractivity contribution in [2.24, 2.45) is 11.7 Å². The number of benzene rings is 1. The van der Waals surface area contributed by atoms with E-state index in [0.717, 1.165) is 18.4 Å². The normalized spacial score (nSPS) is 12.2. The fraction of sp³-hybridized carbons (Fsp3) is 0.429. The van der Waals surface area contributed by atoms with Gasteiger partial charge in [0.05, 0.1) is 0 Å². The SMILES string of the molecule is CC(C)/C(=C\CCCN)c1ccc(F)cc1. The number of rotatable bonds is 5. The summed E-state index contributed by atoms with van der Waals surface area (Å²) in [7, 11) is 0. The fourth-order valence-corrected chi connectivity index (χ4v) is 1.70. The molecule has 0 aliphatic carbocycles. The first-order valence-corrected chi connectivity index (χ1v) is 5.81. The first kappa shape index (κ1) is 12.9. The topological polar surface area (TPSA) is 26.0 Å². The van der Waals surface area contributed by atoms with Crippen molar-refractivity contribution in [2.75, 3.05) is 6.54 Å². The van der Waals surface area contributed by atoms with Crippen LogP contribution in [0.15, 0.2) is 30.3 Å². The molecule has 0 heterocycles. The fourth-order valence-electron chi connectivity index (χ4n) is 1.70. The van der Waals surface area contributed by atoms with Gasteiger partial charge < -0.3 is 5.73 Å². The summed E-state index contributed by atoms with van der Waals surface area (Å²) in [6, 6.07) is 6.69. The van der Waals surface area contributed by atoms with Crippen LogP contribution in [0.1, 0.15) is 32.3 Å². The van der Waals surface area contributed by atoms with Crippen molar-refractivity contribution in [1.29, 1.82) is 0 Å². The van der Waals surface area contributed by atoms with E-state index in [1.165, 1.54) is 17.7 Å². The van der Waals surface area contributed by atoms with E-state index >= 15 is 0 Å². The van der Waals surface area contributed by atoms with E-state index in [2.05, 4.69) is 19.9 Å². The molecule has 0 saturated carbocycles. The summed E-state index contributed by atoms with van der Waals surface area (Å²) < 4.78 is 12.8. The lowest BCUT2D eigenvalue weighted by Crippen LogP contribution is -1.98. The minimum atomic E-state index is -0.186. The molecule has 1 aromatic rings. The molecule has 0 spiro atoms. The number of allylic oxidation sites excluding steroid dienone is 2. The smallest absolute Gasteiger partial charge is 0.123 e. The van der Waals surface area contributed by atoms with Crippen LogP contribution in [-0.2, 0) is 0 Å². The Hall–Kier alpha value is -1.15. The molecule has 1 aromatic carbocycles. The van der Waals surface area contributed by atoms with Crippen LogP contribution in [-0.4, -0.2) is 6.54 Å². The average Bonchev–Trinajstić information content (AvgIpc) is 2.26. The molecule has 0 aliphatic heterocycles. The maximum absolute atomic E-state index is 12.8. The van der Waals surface area contributed by atoms with E-state index in [1.54, 1.807) is 0 Å². The highest BCUT2D eigenvalue weighted by molar-refractivity contribution is 5.66. The molecule has 16 heavy (non-hydrogen) atoms. The van der Waals surface area contributed by atoms with Gasteiger partial charge in [0.1, 0.15) is 5.82 Å². The van der Waals surface area contributed by atoms with Crippen LogP contribution in [0.3, 0.4) is 0 Å². The van der Waals surface area contributed by atoms with Gasteiger partial charge in [0, 0.05) is 0 Å². The Kier molecular flexibility index (Phi) is 5.20. The Labute approximate surface area is 97.2 Å². The van der Waals surface area contributed by atoms with Gasteiger partial charge in [-0.1, -0.05) is 32.1 Å². The van der Waals surface area contributed by atoms with Crippen LogP contribution in [0.2, 0.25) is 0 Å². The summed E-state index contributed by atoms with van der Waals surface area (Å²) in [4.78, 5) is 0. The number of unbranched alkanes of at least 4 members (excludes halogenated alkanes) is 1. The largest absolute Gasteiger partial charge is 0.330 e. The summed E-state index contributed by atoms with van der Waals surface area (Å²) in [5.74, 6) is 0.261. The summed E-state index contributed by atoms with van der Waals surface area (Å²) >= 11 is 0. The highest BCUT2D eigenvalue weighted by Crippen LogP contribution is 2.24. The Morgan fingerprint density at radius 1 is 1.31 bits per heavy atom. The predicted molar refractivity (Wildman–Crippen MR) is 67.5 cm³/mol. The quantitative estimate of drug-likeness (QED) is 0.755. The Morgan fingerprint density at radius 2 is 1.94 bits per heavy atom. The summed E-state index contributed by atoms with van der Waals surface area (Å²) in [5.41, 5.74) is 7.85. The lowest BCUT2D eigenvalue weighted by atomic mass is 9.94. The van der Waals surface area contributed by atoms with Crippen molar-refractivity contribution in [3.05, 3.63) is 41.7 Å². The Bertz CT molecular complexity index is 338. The molecule has 0 aromatic heterocycles. The maximum Gasteiger partial charge on any atom is 0.123 e. The first-order chi connectivity index (χ1) is 7.65. The van der Waals surface area contributed by atoms with Gasteiger partial charge in [-0.25, -0.2) is 4.39 Å². The van der Waals surface area contributed by atoms with Crippen molar-refractivity contribution in [2.45, 2.75) is 26.7 Å². The zero-order valence-corrected chi connectivity index (χ0v) is 10.0. The summed E-state index contributed by atoms with van der Waals surface area (Å²) in [6.45, 7) is 5.01. The van der Waals surface area contributed by atoms with E-state index in [1.807, 2.05) is 12.1 Å². The second kappa shape index (κ2) is 6.44. The molecule has 2 heteroatoms. The van der Waals surface area contributed by atoms with Crippen LogP contribution in [0.25, 0.3) is 5.57 Å². The lowest BCUT2D eigenvalue weighted by Gasteiger charge is -2.12. The van der Waals surface area contributed by atoms with Crippen LogP contribution in [0.4, 0.5) is 4.39 Å². The molecular weight excluding hydrogens is 201 g/mol. The van der Waals surface area contributed by atoms with E-state index in [-0.39, 0.29) is 5.82 Å². The monoisotopic (exact) mass is 221 g/mol. The standard InChI is InChI=1S/C14H20FN/c1-11(2)14(5-3-4-10-16)12-6-8-13(15)9-7-12/h5-9,11H,3-4,10,16H2,1-2H3/b14-5+. The van der Waals surface area contributed by atoms with Crippen molar-refractivity contribution in [3.63, 3.8) is 0 Å². The Balaban J connectivity index is 2.85. The predicted octanol–water partition coefficient (Wildman–Crippen LogP) is 3.60. The van der Waals surface area contributed by atoms with Gasteiger partial charge in [0.15, 0.2) is 0 Å². The molecule has 0 atom stereocenters. The van der Waals surface area contributed by atoms with E-state index in [9.17, 15) is 4.39 Å². The van der Waals surface area contributed by atoms with Crippen LogP contribution in [0.5, 0.6) is 0 Å². The van der Waals surface area contributed by atoms with Crippen LogP contribution in [0, 0.1) is 11.7 Å². The maximum atomic E-state index is 12.8. The molecule has 0 aliphatic rings. The molecule has 0 bridgehead atoms. The molecule has 1 nitrogen and oxygen atoms in total. The number of nitrogens with two attached hydrogens (primary N) is 1. The zero-order chi connectivity index (χ0) is 12.0. The minimum absolute atomic E-state index is 0.186.